The molecule has 3 rings (SSSR count). The van der Waals surface area contributed by atoms with Crippen molar-refractivity contribution in [3.63, 3.8) is 0 Å². The number of primary amides is 1. The highest BCUT2D eigenvalue weighted by atomic mass is 16.2. The summed E-state index contributed by atoms with van der Waals surface area (Å²) in [5.41, 5.74) is 7.95. The smallest absolute Gasteiger partial charge is 0.316 e. The van der Waals surface area contributed by atoms with Crippen LogP contribution >= 0.6 is 0 Å². The molecule has 0 aliphatic carbocycles. The topological polar surface area (TPSA) is 113 Å². The summed E-state index contributed by atoms with van der Waals surface area (Å²) in [5, 5.41) is 8.43. The summed E-state index contributed by atoms with van der Waals surface area (Å²) < 4.78 is 0. The Hall–Kier alpha value is -4.13. The molecule has 0 heterocycles. The number of nitrogens with two attached hydrogens (primary N) is 1. The molecule has 4 amide bonds. The van der Waals surface area contributed by atoms with Gasteiger partial charge in [-0.3, -0.25) is 9.59 Å². The maximum Gasteiger partial charge on any atom is 0.316 e. The first-order valence-corrected chi connectivity index (χ1v) is 10.3. The van der Waals surface area contributed by atoms with Crippen LogP contribution in [0, 0.1) is 0 Å². The predicted molar refractivity (Wildman–Crippen MR) is 124 cm³/mol. The minimum absolute atomic E-state index is 0.0915. The molecule has 0 aliphatic rings. The van der Waals surface area contributed by atoms with Crippen LogP contribution in [0.15, 0.2) is 84.9 Å². The third-order valence-corrected chi connectivity index (χ3v) is 4.99. The molecule has 32 heavy (non-hydrogen) atoms. The Labute approximate surface area is 187 Å². The van der Waals surface area contributed by atoms with Gasteiger partial charge in [0.2, 0.25) is 5.91 Å². The van der Waals surface area contributed by atoms with Crippen molar-refractivity contribution in [3.8, 4) is 0 Å². The van der Waals surface area contributed by atoms with Crippen LogP contribution in [0.3, 0.4) is 0 Å². The van der Waals surface area contributed by atoms with Crippen molar-refractivity contribution in [2.45, 2.75) is 25.4 Å². The van der Waals surface area contributed by atoms with Gasteiger partial charge in [0.25, 0.3) is 5.91 Å². The van der Waals surface area contributed by atoms with Crippen molar-refractivity contribution in [2.75, 3.05) is 5.32 Å². The summed E-state index contributed by atoms with van der Waals surface area (Å²) in [4.78, 5) is 36.4. The first kappa shape index (κ1) is 22.6. The summed E-state index contributed by atoms with van der Waals surface area (Å²) >= 11 is 0. The first-order valence-electron chi connectivity index (χ1n) is 10.3. The Morgan fingerprint density at radius 3 is 1.97 bits per heavy atom. The van der Waals surface area contributed by atoms with E-state index in [2.05, 4.69) is 16.0 Å². The molecule has 3 aromatic rings. The van der Waals surface area contributed by atoms with E-state index in [0.29, 0.717) is 11.3 Å². The van der Waals surface area contributed by atoms with E-state index in [4.69, 9.17) is 5.73 Å². The van der Waals surface area contributed by atoms with Crippen molar-refractivity contribution in [2.24, 2.45) is 5.73 Å². The minimum Gasteiger partial charge on any atom is -0.351 e. The van der Waals surface area contributed by atoms with Gasteiger partial charge in [-0.05, 0) is 42.3 Å². The van der Waals surface area contributed by atoms with Gasteiger partial charge in [0.15, 0.2) is 0 Å². The van der Waals surface area contributed by atoms with Gasteiger partial charge in [0.05, 0.1) is 18.5 Å². The van der Waals surface area contributed by atoms with E-state index in [1.165, 1.54) is 0 Å². The molecule has 0 saturated carbocycles. The lowest BCUT2D eigenvalue weighted by atomic mass is 10.0. The minimum atomic E-state index is -0.636. The number of amides is 4. The number of carbonyl (C=O) groups is 3. The van der Waals surface area contributed by atoms with Crippen LogP contribution in [0.4, 0.5) is 10.5 Å². The van der Waals surface area contributed by atoms with Gasteiger partial charge in [-0.2, -0.15) is 0 Å². The van der Waals surface area contributed by atoms with E-state index in [0.717, 1.165) is 11.1 Å². The normalized spacial score (nSPS) is 12.3. The third-order valence-electron chi connectivity index (χ3n) is 4.99. The Morgan fingerprint density at radius 1 is 0.781 bits per heavy atom. The second-order valence-corrected chi connectivity index (χ2v) is 7.41. The van der Waals surface area contributed by atoms with Crippen molar-refractivity contribution >= 4 is 23.5 Å². The number of carbonyl (C=O) groups excluding carboxylic acids is 3. The van der Waals surface area contributed by atoms with E-state index in [9.17, 15) is 14.4 Å². The largest absolute Gasteiger partial charge is 0.351 e. The fourth-order valence-electron chi connectivity index (χ4n) is 3.34. The van der Waals surface area contributed by atoms with Crippen molar-refractivity contribution in [1.29, 1.82) is 0 Å². The Kier molecular flexibility index (Phi) is 7.59. The Balaban J connectivity index is 1.66. The molecule has 0 spiro atoms. The van der Waals surface area contributed by atoms with Gasteiger partial charge in [-0.15, -0.1) is 0 Å². The predicted octanol–water partition coefficient (Wildman–Crippen LogP) is 3.92. The van der Waals surface area contributed by atoms with Gasteiger partial charge in [0.1, 0.15) is 0 Å². The maximum absolute atomic E-state index is 12.8. The van der Waals surface area contributed by atoms with E-state index in [1.54, 1.807) is 36.4 Å². The van der Waals surface area contributed by atoms with Gasteiger partial charge in [0, 0.05) is 11.3 Å². The zero-order valence-electron chi connectivity index (χ0n) is 17.7. The molecule has 5 N–H and O–H groups in total. The lowest BCUT2D eigenvalue weighted by Crippen LogP contribution is -2.34. The monoisotopic (exact) mass is 430 g/mol. The number of hydrogen-bond donors (Lipinski definition) is 4. The van der Waals surface area contributed by atoms with Gasteiger partial charge in [-0.1, -0.05) is 60.7 Å². The molecule has 164 valence electrons. The molecule has 0 fully saturated rings. The van der Waals surface area contributed by atoms with Crippen molar-refractivity contribution in [1.82, 2.24) is 10.6 Å². The lowest BCUT2D eigenvalue weighted by Gasteiger charge is -2.21. The van der Waals surface area contributed by atoms with Crippen LogP contribution in [0.1, 0.15) is 46.9 Å². The van der Waals surface area contributed by atoms with Crippen LogP contribution in [-0.2, 0) is 4.79 Å². The maximum atomic E-state index is 12.8. The van der Waals surface area contributed by atoms with Crippen molar-refractivity contribution in [3.05, 3.63) is 102 Å². The van der Waals surface area contributed by atoms with E-state index in [-0.39, 0.29) is 24.3 Å². The molecule has 7 heteroatoms. The van der Waals surface area contributed by atoms with Gasteiger partial charge in [-0.25, -0.2) is 4.79 Å². The molecule has 2 unspecified atom stereocenters. The zero-order chi connectivity index (χ0) is 22.9. The molecule has 7 nitrogen and oxygen atoms in total. The van der Waals surface area contributed by atoms with E-state index < -0.39 is 12.1 Å². The first-order chi connectivity index (χ1) is 15.4. The van der Waals surface area contributed by atoms with E-state index >= 15 is 0 Å². The SMILES string of the molecule is CC(NC(=O)CC(NC(=O)c1ccccc1)c1ccccc1)c1ccc(NC(N)=O)cc1. The summed E-state index contributed by atoms with van der Waals surface area (Å²) in [6.07, 6.45) is 0.0915. The van der Waals surface area contributed by atoms with Crippen LogP contribution in [0.2, 0.25) is 0 Å². The second-order valence-electron chi connectivity index (χ2n) is 7.41. The Morgan fingerprint density at radius 2 is 1.38 bits per heavy atom. The summed E-state index contributed by atoms with van der Waals surface area (Å²) in [6.45, 7) is 1.87. The Bertz CT molecular complexity index is 1050. The fourth-order valence-corrected chi connectivity index (χ4v) is 3.34. The quantitative estimate of drug-likeness (QED) is 0.434. The number of benzene rings is 3. The average Bonchev–Trinajstić information content (AvgIpc) is 2.79. The fraction of sp³-hybridized carbons (Fsp3) is 0.160. The second kappa shape index (κ2) is 10.8. The van der Waals surface area contributed by atoms with Gasteiger partial charge >= 0.3 is 6.03 Å². The van der Waals surface area contributed by atoms with Crippen LogP contribution < -0.4 is 21.7 Å². The number of nitrogens with one attached hydrogen (secondary N) is 3. The molecule has 0 aromatic heterocycles. The lowest BCUT2D eigenvalue weighted by molar-refractivity contribution is -0.122. The van der Waals surface area contributed by atoms with Crippen molar-refractivity contribution < 1.29 is 14.4 Å². The standard InChI is InChI=1S/C25H26N4O3/c1-17(18-12-14-21(15-13-18)28-25(26)32)27-23(30)16-22(19-8-4-2-5-9-19)29-24(31)20-10-6-3-7-11-20/h2-15,17,22H,16H2,1H3,(H,27,30)(H,29,31)(H3,26,28,32). The number of rotatable bonds is 8. The van der Waals surface area contributed by atoms with Crippen LogP contribution in [0.25, 0.3) is 0 Å². The van der Waals surface area contributed by atoms with Crippen LogP contribution in [0.5, 0.6) is 0 Å². The number of urea groups is 1. The molecule has 0 bridgehead atoms. The molecular weight excluding hydrogens is 404 g/mol. The van der Waals surface area contributed by atoms with E-state index in [1.807, 2.05) is 55.5 Å². The molecule has 0 aliphatic heterocycles. The highest BCUT2D eigenvalue weighted by molar-refractivity contribution is 5.94. The number of anilines is 1. The third kappa shape index (κ3) is 6.43. The molecule has 0 radical (unpaired) electrons. The van der Waals surface area contributed by atoms with Crippen LogP contribution in [-0.4, -0.2) is 17.8 Å². The average molecular weight is 431 g/mol. The van der Waals surface area contributed by atoms with Gasteiger partial charge < -0.3 is 21.7 Å². The summed E-state index contributed by atoms with van der Waals surface area (Å²) in [6, 6.07) is 24.0. The highest BCUT2D eigenvalue weighted by Crippen LogP contribution is 2.20. The molecular formula is C25H26N4O3. The summed E-state index contributed by atoms with van der Waals surface area (Å²) in [7, 11) is 0. The molecule has 3 aromatic carbocycles. The zero-order valence-corrected chi connectivity index (χ0v) is 17.7. The number of hydrogen-bond acceptors (Lipinski definition) is 3. The summed E-state index contributed by atoms with van der Waals surface area (Å²) in [5.74, 6) is -0.433. The molecule has 2 atom stereocenters. The molecule has 0 saturated heterocycles. The highest BCUT2D eigenvalue weighted by Gasteiger charge is 2.20.